The van der Waals surface area contributed by atoms with Gasteiger partial charge in [0.2, 0.25) is 11.8 Å². The molecule has 4 aliphatic rings. The SMILES string of the molecule is O=C1CCC(N2C(=O)c3ccc(NCC4CCCC45CCNCC5)cc3C2=O)C(=O)N1. The highest BCUT2D eigenvalue weighted by atomic mass is 16.2. The summed E-state index contributed by atoms with van der Waals surface area (Å²) in [6, 6.07) is 4.30. The van der Waals surface area contributed by atoms with Crippen LogP contribution in [0.2, 0.25) is 0 Å². The number of piperidine rings is 2. The zero-order valence-corrected chi connectivity index (χ0v) is 17.5. The highest BCUT2D eigenvalue weighted by Gasteiger charge is 2.45. The Balaban J connectivity index is 1.30. The first-order chi connectivity index (χ1) is 15.0. The molecular formula is C23H28N4O4. The number of imide groups is 2. The van der Waals surface area contributed by atoms with Crippen molar-refractivity contribution in [2.24, 2.45) is 11.3 Å². The Bertz CT molecular complexity index is 953. The summed E-state index contributed by atoms with van der Waals surface area (Å²) in [5.41, 5.74) is 1.88. The van der Waals surface area contributed by atoms with Crippen LogP contribution in [0.1, 0.15) is 65.7 Å². The molecule has 3 aliphatic heterocycles. The fourth-order valence-electron chi connectivity index (χ4n) is 5.93. The molecule has 8 heteroatoms. The van der Waals surface area contributed by atoms with E-state index in [9.17, 15) is 19.2 Å². The van der Waals surface area contributed by atoms with Crippen molar-refractivity contribution in [3.05, 3.63) is 29.3 Å². The lowest BCUT2D eigenvalue weighted by molar-refractivity contribution is -0.136. The van der Waals surface area contributed by atoms with Gasteiger partial charge in [0, 0.05) is 18.7 Å². The summed E-state index contributed by atoms with van der Waals surface area (Å²) >= 11 is 0. The van der Waals surface area contributed by atoms with Gasteiger partial charge in [0.1, 0.15) is 6.04 Å². The van der Waals surface area contributed by atoms with E-state index >= 15 is 0 Å². The quantitative estimate of drug-likeness (QED) is 0.635. The molecule has 1 saturated carbocycles. The number of carbonyl (C=O) groups is 4. The predicted molar refractivity (Wildman–Crippen MR) is 113 cm³/mol. The maximum atomic E-state index is 13.0. The molecule has 1 aromatic carbocycles. The van der Waals surface area contributed by atoms with Crippen molar-refractivity contribution in [1.82, 2.24) is 15.5 Å². The van der Waals surface area contributed by atoms with Crippen LogP contribution in [0.15, 0.2) is 18.2 Å². The third-order valence-corrected chi connectivity index (χ3v) is 7.68. The summed E-state index contributed by atoms with van der Waals surface area (Å²) in [7, 11) is 0. The third kappa shape index (κ3) is 3.43. The number of rotatable bonds is 4. The molecule has 3 N–H and O–H groups in total. The van der Waals surface area contributed by atoms with Crippen LogP contribution in [-0.4, -0.2) is 54.2 Å². The minimum absolute atomic E-state index is 0.120. The van der Waals surface area contributed by atoms with Crippen LogP contribution in [0.5, 0.6) is 0 Å². The van der Waals surface area contributed by atoms with Gasteiger partial charge in [-0.15, -0.1) is 0 Å². The second kappa shape index (κ2) is 7.75. The molecule has 3 fully saturated rings. The molecule has 164 valence electrons. The highest BCUT2D eigenvalue weighted by molar-refractivity contribution is 6.23. The van der Waals surface area contributed by atoms with Crippen molar-refractivity contribution in [2.75, 3.05) is 25.0 Å². The lowest BCUT2D eigenvalue weighted by Gasteiger charge is -2.39. The van der Waals surface area contributed by atoms with Gasteiger partial charge >= 0.3 is 0 Å². The molecule has 0 bridgehead atoms. The second-order valence-corrected chi connectivity index (χ2v) is 9.29. The fourth-order valence-corrected chi connectivity index (χ4v) is 5.93. The van der Waals surface area contributed by atoms with E-state index in [0.717, 1.165) is 30.2 Å². The maximum absolute atomic E-state index is 13.0. The lowest BCUT2D eigenvalue weighted by atomic mass is 9.71. The summed E-state index contributed by atoms with van der Waals surface area (Å²) in [4.78, 5) is 50.5. The van der Waals surface area contributed by atoms with Gasteiger partial charge in [0.15, 0.2) is 0 Å². The van der Waals surface area contributed by atoms with E-state index in [-0.39, 0.29) is 18.7 Å². The average molecular weight is 425 g/mol. The van der Waals surface area contributed by atoms with Crippen LogP contribution < -0.4 is 16.0 Å². The maximum Gasteiger partial charge on any atom is 0.262 e. The summed E-state index contributed by atoms with van der Waals surface area (Å²) in [5, 5.41) is 9.19. The van der Waals surface area contributed by atoms with Gasteiger partial charge in [-0.3, -0.25) is 29.4 Å². The monoisotopic (exact) mass is 424 g/mol. The Morgan fingerprint density at radius 2 is 1.77 bits per heavy atom. The van der Waals surface area contributed by atoms with Crippen LogP contribution in [0, 0.1) is 11.3 Å². The van der Waals surface area contributed by atoms with Gasteiger partial charge in [-0.2, -0.15) is 0 Å². The number of nitrogens with one attached hydrogen (secondary N) is 3. The van der Waals surface area contributed by atoms with Crippen LogP contribution in [0.4, 0.5) is 5.69 Å². The fraction of sp³-hybridized carbons (Fsp3) is 0.565. The largest absolute Gasteiger partial charge is 0.385 e. The molecular weight excluding hydrogens is 396 g/mol. The average Bonchev–Trinajstić information content (AvgIpc) is 3.25. The second-order valence-electron chi connectivity index (χ2n) is 9.29. The molecule has 0 radical (unpaired) electrons. The molecule has 3 heterocycles. The van der Waals surface area contributed by atoms with Crippen molar-refractivity contribution >= 4 is 29.3 Å². The number of hydrogen-bond acceptors (Lipinski definition) is 6. The molecule has 0 aromatic heterocycles. The molecule has 1 spiro atoms. The van der Waals surface area contributed by atoms with Gasteiger partial charge in [0.25, 0.3) is 11.8 Å². The first-order valence-electron chi connectivity index (χ1n) is 11.3. The molecule has 2 unspecified atom stereocenters. The molecule has 2 atom stereocenters. The summed E-state index contributed by atoms with van der Waals surface area (Å²) < 4.78 is 0. The van der Waals surface area contributed by atoms with Crippen LogP contribution in [0.25, 0.3) is 0 Å². The number of carbonyl (C=O) groups excluding carboxylic acids is 4. The first-order valence-corrected chi connectivity index (χ1v) is 11.3. The third-order valence-electron chi connectivity index (χ3n) is 7.68. The standard InChI is InChI=1S/C23H28N4O4/c28-19-6-5-18(20(29)26-19)27-21(30)16-4-3-15(12-17(16)22(27)31)25-13-14-2-1-7-23(14)8-10-24-11-9-23/h3-4,12,14,18,24-25H,1-2,5-11,13H2,(H,26,28,29). The Labute approximate surface area is 181 Å². The van der Waals surface area contributed by atoms with Crippen molar-refractivity contribution in [1.29, 1.82) is 0 Å². The van der Waals surface area contributed by atoms with Crippen molar-refractivity contribution in [3.63, 3.8) is 0 Å². The van der Waals surface area contributed by atoms with Crippen molar-refractivity contribution < 1.29 is 19.2 Å². The van der Waals surface area contributed by atoms with E-state index in [1.54, 1.807) is 12.1 Å². The Hall–Kier alpha value is -2.74. The van der Waals surface area contributed by atoms with Gasteiger partial charge in [-0.1, -0.05) is 6.42 Å². The van der Waals surface area contributed by atoms with E-state index in [1.165, 1.54) is 32.1 Å². The zero-order valence-electron chi connectivity index (χ0n) is 17.5. The minimum Gasteiger partial charge on any atom is -0.385 e. The normalized spacial score (nSPS) is 27.5. The smallest absolute Gasteiger partial charge is 0.262 e. The molecule has 2 saturated heterocycles. The number of anilines is 1. The summed E-state index contributed by atoms with van der Waals surface area (Å²) in [5.74, 6) is -1.28. The Morgan fingerprint density at radius 3 is 2.55 bits per heavy atom. The number of nitrogens with zero attached hydrogens (tertiary/aromatic N) is 1. The van der Waals surface area contributed by atoms with Crippen LogP contribution >= 0.6 is 0 Å². The topological polar surface area (TPSA) is 108 Å². The van der Waals surface area contributed by atoms with E-state index in [2.05, 4.69) is 16.0 Å². The predicted octanol–water partition coefficient (Wildman–Crippen LogP) is 1.67. The van der Waals surface area contributed by atoms with Crippen LogP contribution in [0.3, 0.4) is 0 Å². The van der Waals surface area contributed by atoms with E-state index < -0.39 is 23.8 Å². The van der Waals surface area contributed by atoms with Crippen molar-refractivity contribution in [2.45, 2.75) is 51.0 Å². The van der Waals surface area contributed by atoms with Crippen LogP contribution in [-0.2, 0) is 9.59 Å². The zero-order chi connectivity index (χ0) is 21.6. The molecule has 1 aromatic rings. The van der Waals surface area contributed by atoms with E-state index in [4.69, 9.17) is 0 Å². The first kappa shape index (κ1) is 20.2. The van der Waals surface area contributed by atoms with Gasteiger partial charge in [0.05, 0.1) is 11.1 Å². The number of amides is 4. The number of fused-ring (bicyclic) bond motifs is 1. The minimum atomic E-state index is -0.931. The highest BCUT2D eigenvalue weighted by Crippen LogP contribution is 2.49. The van der Waals surface area contributed by atoms with Crippen molar-refractivity contribution in [3.8, 4) is 0 Å². The summed E-state index contributed by atoms with van der Waals surface area (Å²) in [6.07, 6.45) is 6.51. The summed E-state index contributed by atoms with van der Waals surface area (Å²) in [6.45, 7) is 3.03. The molecule has 31 heavy (non-hydrogen) atoms. The Morgan fingerprint density at radius 1 is 1.00 bits per heavy atom. The van der Waals surface area contributed by atoms with Gasteiger partial charge < -0.3 is 10.6 Å². The Kier molecular flexibility index (Phi) is 5.04. The van der Waals surface area contributed by atoms with Gasteiger partial charge in [-0.05, 0) is 74.7 Å². The van der Waals surface area contributed by atoms with E-state index in [1.807, 2.05) is 6.07 Å². The van der Waals surface area contributed by atoms with E-state index in [0.29, 0.717) is 22.5 Å². The molecule has 8 nitrogen and oxygen atoms in total. The molecule has 1 aliphatic carbocycles. The number of hydrogen-bond donors (Lipinski definition) is 3. The molecule has 5 rings (SSSR count). The molecule has 4 amide bonds. The lowest BCUT2D eigenvalue weighted by Crippen LogP contribution is -2.54. The number of benzene rings is 1. The van der Waals surface area contributed by atoms with Gasteiger partial charge in [-0.25, -0.2) is 0 Å².